The maximum Gasteiger partial charge on any atom is 0.338 e. The highest BCUT2D eigenvalue weighted by Gasteiger charge is 2.09. The highest BCUT2D eigenvalue weighted by Crippen LogP contribution is 2.13. The molecule has 0 heterocycles. The van der Waals surface area contributed by atoms with E-state index in [2.05, 4.69) is 0 Å². The lowest BCUT2D eigenvalue weighted by Crippen LogP contribution is -2.11. The number of hydrogen-bond donors (Lipinski definition) is 0. The first-order valence-electron chi connectivity index (χ1n) is 8.54. The van der Waals surface area contributed by atoms with Crippen molar-refractivity contribution in [1.82, 2.24) is 0 Å². The van der Waals surface area contributed by atoms with Gasteiger partial charge in [0.25, 0.3) is 0 Å². The van der Waals surface area contributed by atoms with E-state index in [1.807, 2.05) is 27.7 Å². The molecule has 0 spiro atoms. The van der Waals surface area contributed by atoms with Crippen LogP contribution >= 0.6 is 11.6 Å². The van der Waals surface area contributed by atoms with Crippen molar-refractivity contribution in [3.05, 3.63) is 64.7 Å². The molecule has 0 bridgehead atoms. The Morgan fingerprint density at radius 3 is 1.44 bits per heavy atom. The van der Waals surface area contributed by atoms with Gasteiger partial charge in [-0.15, -0.1) is 0 Å². The van der Waals surface area contributed by atoms with E-state index in [4.69, 9.17) is 25.8 Å². The van der Waals surface area contributed by atoms with Crippen molar-refractivity contribution >= 4 is 23.5 Å². The van der Waals surface area contributed by atoms with Gasteiger partial charge in [-0.05, 0) is 76.2 Å². The van der Waals surface area contributed by atoms with Gasteiger partial charge in [0.15, 0.2) is 0 Å². The highest BCUT2D eigenvalue weighted by atomic mass is 35.5. The van der Waals surface area contributed by atoms with E-state index in [1.165, 1.54) is 0 Å². The van der Waals surface area contributed by atoms with E-state index in [0.717, 1.165) is 5.75 Å². The lowest BCUT2D eigenvalue weighted by molar-refractivity contribution is 0.0367. The Bertz CT molecular complexity index is 721. The third kappa shape index (κ3) is 8.60. The fourth-order valence-electron chi connectivity index (χ4n) is 1.88. The van der Waals surface area contributed by atoms with Gasteiger partial charge in [0.1, 0.15) is 5.75 Å². The van der Waals surface area contributed by atoms with Crippen LogP contribution in [0.5, 0.6) is 5.75 Å². The topological polar surface area (TPSA) is 61.8 Å². The van der Waals surface area contributed by atoms with E-state index in [1.54, 1.807) is 55.6 Å². The van der Waals surface area contributed by atoms with Gasteiger partial charge < -0.3 is 14.2 Å². The molecule has 2 rings (SSSR count). The molecular formula is C21H25ClO5. The quantitative estimate of drug-likeness (QED) is 0.657. The summed E-state index contributed by atoms with van der Waals surface area (Å²) in [7, 11) is 1.58. The summed E-state index contributed by atoms with van der Waals surface area (Å²) in [6, 6.07) is 13.5. The van der Waals surface area contributed by atoms with Crippen molar-refractivity contribution in [2.45, 2.75) is 39.9 Å². The molecule has 2 aromatic rings. The van der Waals surface area contributed by atoms with Crippen LogP contribution in [0.15, 0.2) is 48.5 Å². The molecule has 0 N–H and O–H groups in total. The number of benzene rings is 2. The van der Waals surface area contributed by atoms with Crippen molar-refractivity contribution < 1.29 is 23.8 Å². The van der Waals surface area contributed by atoms with Crippen LogP contribution in [0.4, 0.5) is 0 Å². The van der Waals surface area contributed by atoms with E-state index >= 15 is 0 Å². The molecule has 0 aliphatic carbocycles. The zero-order chi connectivity index (χ0) is 20.4. The minimum absolute atomic E-state index is 0.0930. The number of ether oxygens (including phenoxy) is 3. The van der Waals surface area contributed by atoms with Gasteiger partial charge in [0.2, 0.25) is 0 Å². The number of rotatable bonds is 5. The second-order valence-electron chi connectivity index (χ2n) is 6.14. The molecule has 0 fully saturated rings. The predicted octanol–water partition coefficient (Wildman–Crippen LogP) is 5.17. The molecule has 0 saturated heterocycles. The molecule has 2 aromatic carbocycles. The first-order chi connectivity index (χ1) is 12.7. The molecule has 0 atom stereocenters. The monoisotopic (exact) mass is 392 g/mol. The van der Waals surface area contributed by atoms with Crippen LogP contribution in [0.3, 0.4) is 0 Å². The standard InChI is InChI=1S/C11H14O3.C10H11ClO2/c1-8(2)14-11(12)9-4-6-10(13-3)7-5-9;1-7(2)13-10(12)8-3-5-9(11)6-4-8/h4-8H,1-3H3;3-7H,1-2H3. The maximum atomic E-state index is 11.4. The zero-order valence-corrected chi connectivity index (χ0v) is 16.9. The van der Waals surface area contributed by atoms with Crippen molar-refractivity contribution in [3.63, 3.8) is 0 Å². The number of carbonyl (C=O) groups is 2. The van der Waals surface area contributed by atoms with Gasteiger partial charge in [-0.2, -0.15) is 0 Å². The van der Waals surface area contributed by atoms with Gasteiger partial charge in [-0.3, -0.25) is 0 Å². The van der Waals surface area contributed by atoms with E-state index in [-0.39, 0.29) is 24.1 Å². The second kappa shape index (κ2) is 11.2. The molecule has 6 heteroatoms. The molecule has 0 amide bonds. The average molecular weight is 393 g/mol. The number of halogens is 1. The SMILES string of the molecule is CC(C)OC(=O)c1ccc(Cl)cc1.COc1ccc(C(=O)OC(C)C)cc1. The Morgan fingerprint density at radius 1 is 0.741 bits per heavy atom. The van der Waals surface area contributed by atoms with E-state index < -0.39 is 0 Å². The smallest absolute Gasteiger partial charge is 0.338 e. The summed E-state index contributed by atoms with van der Waals surface area (Å²) in [5, 5.41) is 0.612. The van der Waals surface area contributed by atoms with Gasteiger partial charge in [-0.1, -0.05) is 11.6 Å². The fourth-order valence-corrected chi connectivity index (χ4v) is 2.00. The molecule has 0 radical (unpaired) electrons. The van der Waals surface area contributed by atoms with E-state index in [9.17, 15) is 9.59 Å². The molecule has 27 heavy (non-hydrogen) atoms. The lowest BCUT2D eigenvalue weighted by atomic mass is 10.2. The summed E-state index contributed by atoms with van der Waals surface area (Å²) in [6.45, 7) is 7.27. The number of methoxy groups -OCH3 is 1. The van der Waals surface area contributed by atoms with Crippen molar-refractivity contribution in [3.8, 4) is 5.75 Å². The Kier molecular flexibility index (Phi) is 9.37. The molecule has 0 aliphatic rings. The summed E-state index contributed by atoms with van der Waals surface area (Å²) in [5.41, 5.74) is 1.07. The van der Waals surface area contributed by atoms with Gasteiger partial charge >= 0.3 is 11.9 Å². The maximum absolute atomic E-state index is 11.4. The minimum atomic E-state index is -0.313. The van der Waals surface area contributed by atoms with Crippen molar-refractivity contribution in [1.29, 1.82) is 0 Å². The lowest BCUT2D eigenvalue weighted by Gasteiger charge is -2.07. The minimum Gasteiger partial charge on any atom is -0.497 e. The number of hydrogen-bond acceptors (Lipinski definition) is 5. The largest absolute Gasteiger partial charge is 0.497 e. The van der Waals surface area contributed by atoms with Gasteiger partial charge in [-0.25, -0.2) is 9.59 Å². The molecule has 5 nitrogen and oxygen atoms in total. The normalized spacial score (nSPS) is 10.1. The first kappa shape index (κ1) is 22.5. The van der Waals surface area contributed by atoms with Crippen LogP contribution in [0, 0.1) is 0 Å². The van der Waals surface area contributed by atoms with Crippen LogP contribution < -0.4 is 4.74 Å². The van der Waals surface area contributed by atoms with Crippen LogP contribution in [0.1, 0.15) is 48.4 Å². The van der Waals surface area contributed by atoms with Crippen molar-refractivity contribution in [2.24, 2.45) is 0 Å². The predicted molar refractivity (Wildman–Crippen MR) is 106 cm³/mol. The Balaban J connectivity index is 0.000000271. The number of esters is 2. The van der Waals surface area contributed by atoms with Crippen LogP contribution in [0.2, 0.25) is 5.02 Å². The molecule has 146 valence electrons. The molecular weight excluding hydrogens is 368 g/mol. The molecule has 0 unspecified atom stereocenters. The molecule has 0 saturated carbocycles. The van der Waals surface area contributed by atoms with Gasteiger partial charge in [0, 0.05) is 5.02 Å². The first-order valence-corrected chi connectivity index (χ1v) is 8.92. The highest BCUT2D eigenvalue weighted by molar-refractivity contribution is 6.30. The van der Waals surface area contributed by atoms with Crippen LogP contribution in [-0.2, 0) is 9.47 Å². The molecule has 0 aromatic heterocycles. The summed E-state index contributed by atoms with van der Waals surface area (Å²) in [6.07, 6.45) is -0.187. The van der Waals surface area contributed by atoms with E-state index in [0.29, 0.717) is 16.1 Å². The number of carbonyl (C=O) groups excluding carboxylic acids is 2. The van der Waals surface area contributed by atoms with Crippen molar-refractivity contribution in [2.75, 3.05) is 7.11 Å². The summed E-state index contributed by atoms with van der Waals surface area (Å²) in [4.78, 5) is 22.7. The summed E-state index contributed by atoms with van der Waals surface area (Å²) >= 11 is 5.67. The Labute approximate surface area is 165 Å². The summed E-state index contributed by atoms with van der Waals surface area (Å²) < 4.78 is 15.0. The fraction of sp³-hybridized carbons (Fsp3) is 0.333. The second-order valence-corrected chi connectivity index (χ2v) is 6.58. The van der Waals surface area contributed by atoms with Gasteiger partial charge in [0.05, 0.1) is 30.4 Å². The summed E-state index contributed by atoms with van der Waals surface area (Å²) in [5.74, 6) is 0.111. The Hall–Kier alpha value is -2.53. The Morgan fingerprint density at radius 2 is 1.11 bits per heavy atom. The zero-order valence-electron chi connectivity index (χ0n) is 16.2. The molecule has 0 aliphatic heterocycles. The third-order valence-corrected chi connectivity index (χ3v) is 3.34. The third-order valence-electron chi connectivity index (χ3n) is 3.09. The van der Waals surface area contributed by atoms with Crippen LogP contribution in [-0.4, -0.2) is 31.3 Å². The van der Waals surface area contributed by atoms with Crippen LogP contribution in [0.25, 0.3) is 0 Å². The average Bonchev–Trinajstić information content (AvgIpc) is 2.61.